The van der Waals surface area contributed by atoms with E-state index in [1.165, 1.54) is 13.2 Å². The van der Waals surface area contributed by atoms with Gasteiger partial charge < -0.3 is 15.0 Å². The highest BCUT2D eigenvalue weighted by molar-refractivity contribution is 6.05. The molecule has 1 aliphatic carbocycles. The zero-order chi connectivity index (χ0) is 18.1. The highest BCUT2D eigenvalue weighted by atomic mass is 16.5. The van der Waals surface area contributed by atoms with Gasteiger partial charge in [0.15, 0.2) is 0 Å². The molecule has 0 aliphatic heterocycles. The highest BCUT2D eigenvalue weighted by Crippen LogP contribution is 2.32. The number of amides is 1. The molecule has 0 saturated heterocycles. The minimum Gasteiger partial charge on any atom is -0.495 e. The Hall–Kier alpha value is -3.35. The van der Waals surface area contributed by atoms with Crippen molar-refractivity contribution in [3.05, 3.63) is 57.6 Å². The normalized spacial score (nSPS) is 14.0. The van der Waals surface area contributed by atoms with Gasteiger partial charge in [-0.25, -0.2) is 0 Å². The quantitative estimate of drug-likeness (QED) is 0.657. The third kappa shape index (κ3) is 3.11. The van der Waals surface area contributed by atoms with E-state index in [1.54, 1.807) is 36.4 Å². The third-order valence-electron chi connectivity index (χ3n) is 4.28. The number of methoxy groups -OCH3 is 1. The second-order valence-electron chi connectivity index (χ2n) is 6.23. The van der Waals surface area contributed by atoms with Gasteiger partial charge in [-0.2, -0.15) is 5.10 Å². The van der Waals surface area contributed by atoms with E-state index in [-0.39, 0.29) is 17.5 Å². The summed E-state index contributed by atoms with van der Waals surface area (Å²) in [7, 11) is 1.54. The lowest BCUT2D eigenvalue weighted by atomic mass is 10.1. The van der Waals surface area contributed by atoms with Crippen molar-refractivity contribution < 1.29 is 9.53 Å². The molecule has 0 unspecified atom stereocenters. The summed E-state index contributed by atoms with van der Waals surface area (Å²) in [5.74, 6) is 0.338. The number of aromatic nitrogens is 3. The van der Waals surface area contributed by atoms with E-state index in [9.17, 15) is 9.59 Å². The molecule has 1 aliphatic rings. The summed E-state index contributed by atoms with van der Waals surface area (Å²) in [5, 5.41) is 10.9. The number of ether oxygens (including phenoxy) is 1. The van der Waals surface area contributed by atoms with Gasteiger partial charge >= 0.3 is 0 Å². The Kier molecular flexibility index (Phi) is 4.04. The Labute approximate surface area is 149 Å². The van der Waals surface area contributed by atoms with Gasteiger partial charge in [-0.05, 0) is 43.2 Å². The number of aromatic amines is 2. The Morgan fingerprint density at radius 1 is 1.27 bits per heavy atom. The summed E-state index contributed by atoms with van der Waals surface area (Å²) >= 11 is 0. The van der Waals surface area contributed by atoms with Crippen LogP contribution in [0.5, 0.6) is 5.75 Å². The first-order valence-corrected chi connectivity index (χ1v) is 8.39. The van der Waals surface area contributed by atoms with Gasteiger partial charge in [-0.3, -0.25) is 14.7 Å². The van der Waals surface area contributed by atoms with Gasteiger partial charge in [0.2, 0.25) is 5.56 Å². The van der Waals surface area contributed by atoms with Crippen molar-refractivity contribution in [2.24, 2.45) is 0 Å². The van der Waals surface area contributed by atoms with E-state index in [2.05, 4.69) is 20.5 Å². The molecule has 0 bridgehead atoms. The van der Waals surface area contributed by atoms with Crippen LogP contribution in [-0.4, -0.2) is 34.2 Å². The Morgan fingerprint density at radius 3 is 2.85 bits per heavy atom. The fourth-order valence-corrected chi connectivity index (χ4v) is 2.84. The average molecular weight is 350 g/mol. The topological polar surface area (TPSA) is 99.9 Å². The molecule has 1 fully saturated rings. The van der Waals surface area contributed by atoms with Gasteiger partial charge in [-0.15, -0.1) is 0 Å². The van der Waals surface area contributed by atoms with E-state index >= 15 is 0 Å². The molecule has 1 aromatic carbocycles. The molecule has 0 atom stereocenters. The number of hydrogen-bond donors (Lipinski definition) is 3. The number of nitrogens with zero attached hydrogens (tertiary/aromatic N) is 1. The molecule has 7 heteroatoms. The Bertz CT molecular complexity index is 1060. The smallest absolute Gasteiger partial charge is 0.255 e. The lowest BCUT2D eigenvalue weighted by Gasteiger charge is -2.10. The van der Waals surface area contributed by atoms with Crippen molar-refractivity contribution in [1.29, 1.82) is 0 Å². The summed E-state index contributed by atoms with van der Waals surface area (Å²) in [6, 6.07) is 8.71. The van der Waals surface area contributed by atoms with Crippen LogP contribution in [-0.2, 0) is 0 Å². The van der Waals surface area contributed by atoms with E-state index in [0.717, 1.165) is 18.2 Å². The lowest BCUT2D eigenvalue weighted by molar-refractivity contribution is 0.0948. The zero-order valence-electron chi connectivity index (χ0n) is 14.2. The first-order chi connectivity index (χ1) is 12.7. The number of hydrogen-bond acceptors (Lipinski definition) is 4. The monoisotopic (exact) mass is 350 g/mol. The standard InChI is InChI=1S/C19H18N4O3/c1-26-18-13(19(25)21-12-5-6-12)8-10-15-17(18)14(22-23-15)9-7-11-3-2-4-16(24)20-11/h2-4,7-10,12H,5-6H2,1H3,(H,20,24)(H,21,25)(H,22,23)/b9-7+. The largest absolute Gasteiger partial charge is 0.495 e. The summed E-state index contributed by atoms with van der Waals surface area (Å²) in [5.41, 5.74) is 2.38. The van der Waals surface area contributed by atoms with Crippen molar-refractivity contribution in [2.75, 3.05) is 7.11 Å². The number of nitrogens with one attached hydrogen (secondary N) is 3. The van der Waals surface area contributed by atoms with E-state index in [0.29, 0.717) is 28.2 Å². The summed E-state index contributed by atoms with van der Waals surface area (Å²) in [4.78, 5) is 26.6. The number of carbonyl (C=O) groups is 1. The predicted molar refractivity (Wildman–Crippen MR) is 99.1 cm³/mol. The number of benzene rings is 1. The van der Waals surface area contributed by atoms with Gasteiger partial charge in [0.05, 0.1) is 29.3 Å². The Morgan fingerprint density at radius 2 is 2.12 bits per heavy atom. The van der Waals surface area contributed by atoms with Crippen molar-refractivity contribution in [3.63, 3.8) is 0 Å². The molecule has 1 saturated carbocycles. The molecule has 0 spiro atoms. The fourth-order valence-electron chi connectivity index (χ4n) is 2.84. The number of rotatable bonds is 5. The number of H-pyrrole nitrogens is 2. The first-order valence-electron chi connectivity index (χ1n) is 8.39. The molecular weight excluding hydrogens is 332 g/mol. The van der Waals surface area contributed by atoms with Gasteiger partial charge in [0.1, 0.15) is 5.75 Å². The SMILES string of the molecule is COc1c(C(=O)NC2CC2)ccc2n[nH]c(/C=C/c3cccc(=O)[nH]3)c12. The predicted octanol–water partition coefficient (Wildman–Crippen LogP) is 2.32. The van der Waals surface area contributed by atoms with Crippen LogP contribution < -0.4 is 15.6 Å². The van der Waals surface area contributed by atoms with Gasteiger partial charge in [0.25, 0.3) is 5.91 Å². The van der Waals surface area contributed by atoms with Crippen LogP contribution in [0.3, 0.4) is 0 Å². The van der Waals surface area contributed by atoms with Crippen LogP contribution in [0.4, 0.5) is 0 Å². The van der Waals surface area contributed by atoms with Crippen LogP contribution in [0.25, 0.3) is 23.1 Å². The number of carbonyl (C=O) groups excluding carboxylic acids is 1. The fraction of sp³-hybridized carbons (Fsp3) is 0.211. The lowest BCUT2D eigenvalue weighted by Crippen LogP contribution is -2.25. The van der Waals surface area contributed by atoms with Gasteiger partial charge in [0, 0.05) is 17.8 Å². The second-order valence-corrected chi connectivity index (χ2v) is 6.23. The second kappa shape index (κ2) is 6.51. The van der Waals surface area contributed by atoms with E-state index in [4.69, 9.17) is 4.74 Å². The molecule has 0 radical (unpaired) electrons. The van der Waals surface area contributed by atoms with Crippen LogP contribution >= 0.6 is 0 Å². The molecule has 1 amide bonds. The zero-order valence-corrected chi connectivity index (χ0v) is 14.2. The Balaban J connectivity index is 1.75. The minimum absolute atomic E-state index is 0.144. The average Bonchev–Trinajstić information content (AvgIpc) is 3.36. The molecule has 4 rings (SSSR count). The molecule has 2 heterocycles. The maximum atomic E-state index is 12.5. The van der Waals surface area contributed by atoms with E-state index < -0.39 is 0 Å². The summed E-state index contributed by atoms with van der Waals surface area (Å²) < 4.78 is 5.54. The maximum Gasteiger partial charge on any atom is 0.255 e. The van der Waals surface area contributed by atoms with Crippen molar-refractivity contribution in [1.82, 2.24) is 20.5 Å². The molecular formula is C19H18N4O3. The molecule has 3 N–H and O–H groups in total. The van der Waals surface area contributed by atoms with Crippen molar-refractivity contribution in [2.45, 2.75) is 18.9 Å². The molecule has 7 nitrogen and oxygen atoms in total. The number of pyridine rings is 1. The molecule has 132 valence electrons. The van der Waals surface area contributed by atoms with Crippen molar-refractivity contribution in [3.8, 4) is 5.75 Å². The van der Waals surface area contributed by atoms with E-state index in [1.807, 2.05) is 0 Å². The van der Waals surface area contributed by atoms with Crippen molar-refractivity contribution >= 4 is 29.0 Å². The first kappa shape index (κ1) is 16.1. The molecule has 2 aromatic heterocycles. The van der Waals surface area contributed by atoms with Crippen LogP contribution in [0.15, 0.2) is 35.1 Å². The highest BCUT2D eigenvalue weighted by Gasteiger charge is 2.26. The summed E-state index contributed by atoms with van der Waals surface area (Å²) in [6.07, 6.45) is 5.60. The van der Waals surface area contributed by atoms with Crippen LogP contribution in [0.1, 0.15) is 34.6 Å². The third-order valence-corrected chi connectivity index (χ3v) is 4.28. The van der Waals surface area contributed by atoms with Gasteiger partial charge in [-0.1, -0.05) is 6.07 Å². The summed E-state index contributed by atoms with van der Waals surface area (Å²) in [6.45, 7) is 0. The molecule has 26 heavy (non-hydrogen) atoms. The molecule has 3 aromatic rings. The minimum atomic E-state index is -0.168. The van der Waals surface area contributed by atoms with Crippen LogP contribution in [0.2, 0.25) is 0 Å². The number of fused-ring (bicyclic) bond motifs is 1. The maximum absolute atomic E-state index is 12.5. The van der Waals surface area contributed by atoms with Crippen LogP contribution in [0, 0.1) is 0 Å².